The Morgan fingerprint density at radius 1 is 1.37 bits per heavy atom. The zero-order chi connectivity index (χ0) is 13.7. The molecule has 1 aromatic rings. The zero-order valence-electron chi connectivity index (χ0n) is 12.1. The van der Waals surface area contributed by atoms with Crippen LogP contribution in [0.5, 0.6) is 0 Å². The molecule has 1 heterocycles. The van der Waals surface area contributed by atoms with Crippen molar-refractivity contribution in [2.45, 2.75) is 52.5 Å². The normalized spacial score (nSPS) is 36.0. The summed E-state index contributed by atoms with van der Waals surface area (Å²) in [6.45, 7) is 8.56. The largest absolute Gasteiger partial charge is 0.313 e. The molecule has 0 saturated heterocycles. The van der Waals surface area contributed by atoms with E-state index in [0.717, 1.165) is 18.9 Å². The lowest BCUT2D eigenvalue weighted by Gasteiger charge is -2.43. The minimum atomic E-state index is 0.475. The van der Waals surface area contributed by atoms with Crippen molar-refractivity contribution in [3.8, 4) is 0 Å². The summed E-state index contributed by atoms with van der Waals surface area (Å²) >= 11 is 5.40. The third kappa shape index (κ3) is 2.43. The van der Waals surface area contributed by atoms with Crippen LogP contribution in [0.3, 0.4) is 0 Å². The van der Waals surface area contributed by atoms with E-state index < -0.39 is 0 Å². The van der Waals surface area contributed by atoms with Crippen LogP contribution in [0.2, 0.25) is 0 Å². The Balaban J connectivity index is 1.60. The summed E-state index contributed by atoms with van der Waals surface area (Å²) in [6.07, 6.45) is 5.45. The van der Waals surface area contributed by atoms with Gasteiger partial charge in [-0.05, 0) is 70.5 Å². The molecule has 2 fully saturated rings. The molecule has 0 radical (unpaired) electrons. The second-order valence-electron chi connectivity index (χ2n) is 7.26. The summed E-state index contributed by atoms with van der Waals surface area (Å²) in [5.41, 5.74) is 1.02. The molecular formula is C16H24BrNS. The van der Waals surface area contributed by atoms with Gasteiger partial charge in [-0.1, -0.05) is 20.8 Å². The molecule has 2 aliphatic carbocycles. The first-order chi connectivity index (χ1) is 8.92. The molecule has 1 N–H and O–H groups in total. The maximum Gasteiger partial charge on any atom is 0.0701 e. The van der Waals surface area contributed by atoms with E-state index in [2.05, 4.69) is 54.2 Å². The first-order valence-corrected chi connectivity index (χ1v) is 9.00. The van der Waals surface area contributed by atoms with Crippen LogP contribution < -0.4 is 5.32 Å². The molecular weight excluding hydrogens is 318 g/mol. The minimum Gasteiger partial charge on any atom is -0.313 e. The maximum atomic E-state index is 3.89. The molecule has 3 heteroatoms. The van der Waals surface area contributed by atoms with E-state index in [-0.39, 0.29) is 0 Å². The monoisotopic (exact) mass is 341 g/mol. The second kappa shape index (κ2) is 4.85. The number of fused-ring (bicyclic) bond motifs is 2. The predicted molar refractivity (Wildman–Crippen MR) is 86.7 cm³/mol. The molecule has 1 aromatic heterocycles. The average Bonchev–Trinajstić information content (AvgIpc) is 2.95. The minimum absolute atomic E-state index is 0.475. The summed E-state index contributed by atoms with van der Waals surface area (Å²) < 4.78 is 1.25. The van der Waals surface area contributed by atoms with Gasteiger partial charge in [-0.15, -0.1) is 11.3 Å². The van der Waals surface area contributed by atoms with Gasteiger partial charge < -0.3 is 5.32 Å². The van der Waals surface area contributed by atoms with E-state index in [4.69, 9.17) is 0 Å². The summed E-state index contributed by atoms with van der Waals surface area (Å²) in [4.78, 5) is 1.48. The van der Waals surface area contributed by atoms with E-state index in [0.29, 0.717) is 16.9 Å². The fraction of sp³-hybridized carbons (Fsp3) is 0.750. The van der Waals surface area contributed by atoms with Gasteiger partial charge in [0.2, 0.25) is 0 Å². The SMILES string of the molecule is CC1(C)C(NCCc2ccc(Br)s2)[C@]2(C)CC[C@H]1C2. The zero-order valence-corrected chi connectivity index (χ0v) is 14.5. The van der Waals surface area contributed by atoms with Gasteiger partial charge in [0.05, 0.1) is 3.79 Å². The third-order valence-electron chi connectivity index (χ3n) is 5.62. The van der Waals surface area contributed by atoms with Crippen molar-refractivity contribution in [3.63, 3.8) is 0 Å². The van der Waals surface area contributed by atoms with E-state index in [1.54, 1.807) is 0 Å². The Morgan fingerprint density at radius 3 is 2.74 bits per heavy atom. The summed E-state index contributed by atoms with van der Waals surface area (Å²) in [7, 11) is 0. The molecule has 1 nitrogen and oxygen atoms in total. The number of rotatable bonds is 4. The fourth-order valence-corrected chi connectivity index (χ4v) is 6.12. The number of hydrogen-bond donors (Lipinski definition) is 1. The van der Waals surface area contributed by atoms with Crippen LogP contribution in [0.1, 0.15) is 44.9 Å². The Hall–Kier alpha value is 0.140. The van der Waals surface area contributed by atoms with Crippen molar-refractivity contribution in [1.29, 1.82) is 0 Å². The number of thiophene rings is 1. The van der Waals surface area contributed by atoms with Gasteiger partial charge >= 0.3 is 0 Å². The van der Waals surface area contributed by atoms with Gasteiger partial charge in [-0.2, -0.15) is 0 Å². The average molecular weight is 342 g/mol. The Kier molecular flexibility index (Phi) is 3.60. The van der Waals surface area contributed by atoms with Crippen LogP contribution in [-0.2, 0) is 6.42 Å². The summed E-state index contributed by atoms with van der Waals surface area (Å²) in [5.74, 6) is 0.936. The smallest absolute Gasteiger partial charge is 0.0701 e. The van der Waals surface area contributed by atoms with Gasteiger partial charge in [0, 0.05) is 17.5 Å². The molecule has 0 aliphatic heterocycles. The summed E-state index contributed by atoms with van der Waals surface area (Å²) in [5, 5.41) is 3.89. The highest BCUT2D eigenvalue weighted by Crippen LogP contribution is 2.62. The first kappa shape index (κ1) is 14.1. The quantitative estimate of drug-likeness (QED) is 0.824. The van der Waals surface area contributed by atoms with Crippen molar-refractivity contribution in [1.82, 2.24) is 5.32 Å². The molecule has 106 valence electrons. The fourth-order valence-electron chi connectivity index (χ4n) is 4.64. The Bertz CT molecular complexity index is 462. The standard InChI is InChI=1S/C16H24BrNS/c1-15(2)11-6-8-16(3,10-11)14(15)18-9-7-12-4-5-13(17)19-12/h4-5,11,14,18H,6-10H2,1-3H3/t11-,14?,16+/m0/s1. The molecule has 3 rings (SSSR count). The highest BCUT2D eigenvalue weighted by Gasteiger charge is 2.58. The second-order valence-corrected chi connectivity index (χ2v) is 9.81. The van der Waals surface area contributed by atoms with Crippen LogP contribution in [-0.4, -0.2) is 12.6 Å². The van der Waals surface area contributed by atoms with Gasteiger partial charge in [0.25, 0.3) is 0 Å². The van der Waals surface area contributed by atoms with Crippen LogP contribution in [0.15, 0.2) is 15.9 Å². The lowest BCUT2D eigenvalue weighted by Crippen LogP contribution is -2.50. The molecule has 2 bridgehead atoms. The molecule has 0 spiro atoms. The summed E-state index contributed by atoms with van der Waals surface area (Å²) in [6, 6.07) is 5.09. The van der Waals surface area contributed by atoms with Gasteiger partial charge in [0.1, 0.15) is 0 Å². The molecule has 2 saturated carbocycles. The maximum absolute atomic E-state index is 3.89. The Labute approximate surface area is 129 Å². The number of nitrogens with one attached hydrogen (secondary N) is 1. The highest BCUT2D eigenvalue weighted by atomic mass is 79.9. The first-order valence-electron chi connectivity index (χ1n) is 7.39. The lowest BCUT2D eigenvalue weighted by molar-refractivity contribution is 0.110. The van der Waals surface area contributed by atoms with Gasteiger partial charge in [-0.25, -0.2) is 0 Å². The molecule has 0 aromatic carbocycles. The van der Waals surface area contributed by atoms with E-state index in [1.165, 1.54) is 27.9 Å². The topological polar surface area (TPSA) is 12.0 Å². The van der Waals surface area contributed by atoms with Gasteiger partial charge in [0.15, 0.2) is 0 Å². The molecule has 19 heavy (non-hydrogen) atoms. The van der Waals surface area contributed by atoms with Crippen molar-refractivity contribution < 1.29 is 0 Å². The number of hydrogen-bond acceptors (Lipinski definition) is 2. The molecule has 1 unspecified atom stereocenters. The van der Waals surface area contributed by atoms with Crippen molar-refractivity contribution in [2.75, 3.05) is 6.54 Å². The van der Waals surface area contributed by atoms with Crippen LogP contribution in [0.25, 0.3) is 0 Å². The molecule has 0 amide bonds. The van der Waals surface area contributed by atoms with E-state index in [1.807, 2.05) is 11.3 Å². The van der Waals surface area contributed by atoms with Crippen molar-refractivity contribution in [3.05, 3.63) is 20.8 Å². The van der Waals surface area contributed by atoms with Crippen molar-refractivity contribution in [2.24, 2.45) is 16.7 Å². The highest BCUT2D eigenvalue weighted by molar-refractivity contribution is 9.11. The van der Waals surface area contributed by atoms with Crippen molar-refractivity contribution >= 4 is 27.3 Å². The van der Waals surface area contributed by atoms with E-state index in [9.17, 15) is 0 Å². The lowest BCUT2D eigenvalue weighted by atomic mass is 9.68. The number of halogens is 1. The molecule has 3 atom stereocenters. The Morgan fingerprint density at radius 2 is 2.16 bits per heavy atom. The van der Waals surface area contributed by atoms with E-state index >= 15 is 0 Å². The van der Waals surface area contributed by atoms with Crippen LogP contribution in [0, 0.1) is 16.7 Å². The third-order valence-corrected chi connectivity index (χ3v) is 7.30. The van der Waals surface area contributed by atoms with Crippen LogP contribution >= 0.6 is 27.3 Å². The van der Waals surface area contributed by atoms with Gasteiger partial charge in [-0.3, -0.25) is 0 Å². The predicted octanol–water partition coefficient (Wildman–Crippen LogP) is 4.86. The molecule has 2 aliphatic rings. The van der Waals surface area contributed by atoms with Crippen LogP contribution in [0.4, 0.5) is 0 Å².